The minimum atomic E-state index is -0.315. The van der Waals surface area contributed by atoms with E-state index >= 15 is 0 Å². The van der Waals surface area contributed by atoms with E-state index in [9.17, 15) is 10.1 Å². The molecule has 0 saturated carbocycles. The minimum absolute atomic E-state index is 0. The molecule has 1 N–H and O–H groups in total. The van der Waals surface area contributed by atoms with Gasteiger partial charge in [0, 0.05) is 31.3 Å². The van der Waals surface area contributed by atoms with Gasteiger partial charge < -0.3 is 10.2 Å². The molecule has 6 heteroatoms. The fraction of sp³-hybridized carbons (Fsp3) is 0.250. The molecule has 3 rings (SSSR count). The lowest BCUT2D eigenvalue weighted by Gasteiger charge is -2.32. The second-order valence-corrected chi connectivity index (χ2v) is 5.18. The Kier molecular flexibility index (Phi) is 4.88. The summed E-state index contributed by atoms with van der Waals surface area (Å²) in [4.78, 5) is 13.0. The van der Waals surface area contributed by atoms with Crippen LogP contribution in [0.5, 0.6) is 0 Å². The van der Waals surface area contributed by atoms with Crippen LogP contribution in [0.1, 0.15) is 11.1 Å². The number of nitro benzene ring substituents is 1. The highest BCUT2D eigenvalue weighted by Gasteiger charge is 2.19. The predicted molar refractivity (Wildman–Crippen MR) is 91.1 cm³/mol. The number of para-hydroxylation sites is 2. The van der Waals surface area contributed by atoms with E-state index in [0.29, 0.717) is 6.54 Å². The Balaban J connectivity index is 0.00000176. The van der Waals surface area contributed by atoms with E-state index in [0.717, 1.165) is 35.6 Å². The monoisotopic (exact) mass is 319 g/mol. The summed E-state index contributed by atoms with van der Waals surface area (Å²) < 4.78 is 0. The summed E-state index contributed by atoms with van der Waals surface area (Å²) in [6.45, 7) is 4.28. The predicted octanol–water partition coefficient (Wildman–Crippen LogP) is 3.76. The zero-order chi connectivity index (χ0) is 14.8. The number of anilines is 2. The van der Waals surface area contributed by atoms with Gasteiger partial charge in [-0.25, -0.2) is 0 Å². The van der Waals surface area contributed by atoms with Crippen LogP contribution in [-0.4, -0.2) is 18.0 Å². The molecule has 0 bridgehead atoms. The Morgan fingerprint density at radius 1 is 1.23 bits per heavy atom. The number of benzene rings is 2. The van der Waals surface area contributed by atoms with Gasteiger partial charge in [-0.15, -0.1) is 12.4 Å². The number of fused-ring (bicyclic) bond motifs is 1. The van der Waals surface area contributed by atoms with E-state index in [-0.39, 0.29) is 23.0 Å². The van der Waals surface area contributed by atoms with Gasteiger partial charge in [0.15, 0.2) is 0 Å². The molecule has 0 atom stereocenters. The molecule has 0 unspecified atom stereocenters. The van der Waals surface area contributed by atoms with E-state index in [1.54, 1.807) is 12.1 Å². The second-order valence-electron chi connectivity index (χ2n) is 5.18. The van der Waals surface area contributed by atoms with Crippen LogP contribution in [0.2, 0.25) is 0 Å². The van der Waals surface area contributed by atoms with Crippen molar-refractivity contribution < 1.29 is 4.92 Å². The first-order valence-electron chi connectivity index (χ1n) is 6.97. The van der Waals surface area contributed by atoms with Gasteiger partial charge in [0.05, 0.1) is 16.3 Å². The number of rotatable bonds is 3. The highest BCUT2D eigenvalue weighted by atomic mass is 35.5. The molecule has 0 amide bonds. The SMILES string of the molecule is Cc1c(CN2CCNc3ccccc32)cccc1[N+](=O)[O-].Cl. The zero-order valence-corrected chi connectivity index (χ0v) is 13.1. The zero-order valence-electron chi connectivity index (χ0n) is 12.3. The molecule has 0 aliphatic carbocycles. The van der Waals surface area contributed by atoms with Crippen LogP contribution >= 0.6 is 12.4 Å². The summed E-state index contributed by atoms with van der Waals surface area (Å²) in [6.07, 6.45) is 0. The van der Waals surface area contributed by atoms with Crippen molar-refractivity contribution >= 4 is 29.5 Å². The topological polar surface area (TPSA) is 58.4 Å². The fourth-order valence-corrected chi connectivity index (χ4v) is 2.75. The Morgan fingerprint density at radius 3 is 2.77 bits per heavy atom. The molecule has 5 nitrogen and oxygen atoms in total. The molecule has 0 spiro atoms. The Hall–Kier alpha value is -2.27. The molecule has 22 heavy (non-hydrogen) atoms. The van der Waals surface area contributed by atoms with Crippen molar-refractivity contribution in [1.82, 2.24) is 0 Å². The number of hydrogen-bond acceptors (Lipinski definition) is 4. The first-order valence-corrected chi connectivity index (χ1v) is 6.97. The van der Waals surface area contributed by atoms with Crippen molar-refractivity contribution in [2.24, 2.45) is 0 Å². The van der Waals surface area contributed by atoms with Gasteiger partial charge in [-0.3, -0.25) is 10.1 Å². The van der Waals surface area contributed by atoms with Crippen LogP contribution in [0, 0.1) is 17.0 Å². The summed E-state index contributed by atoms with van der Waals surface area (Å²) in [5, 5.41) is 14.4. The molecular formula is C16H18ClN3O2. The van der Waals surface area contributed by atoms with E-state index in [2.05, 4.69) is 22.3 Å². The smallest absolute Gasteiger partial charge is 0.272 e. The third-order valence-corrected chi connectivity index (χ3v) is 3.92. The molecule has 1 heterocycles. The summed E-state index contributed by atoms with van der Waals surface area (Å²) in [6, 6.07) is 13.4. The molecule has 0 saturated heterocycles. The third-order valence-electron chi connectivity index (χ3n) is 3.92. The lowest BCUT2D eigenvalue weighted by Crippen LogP contribution is -2.33. The maximum absolute atomic E-state index is 11.0. The normalized spacial score (nSPS) is 12.9. The number of nitrogens with one attached hydrogen (secondary N) is 1. The van der Waals surface area contributed by atoms with Gasteiger partial charge in [0.1, 0.15) is 0 Å². The largest absolute Gasteiger partial charge is 0.382 e. The Bertz CT molecular complexity index is 691. The maximum Gasteiger partial charge on any atom is 0.272 e. The first kappa shape index (κ1) is 16.1. The molecule has 1 aliphatic rings. The summed E-state index contributed by atoms with van der Waals surface area (Å²) >= 11 is 0. The van der Waals surface area contributed by atoms with Crippen LogP contribution in [0.3, 0.4) is 0 Å². The molecule has 1 aliphatic heterocycles. The van der Waals surface area contributed by atoms with Crippen molar-refractivity contribution in [1.29, 1.82) is 0 Å². The number of hydrogen-bond donors (Lipinski definition) is 1. The molecule has 2 aromatic rings. The average molecular weight is 320 g/mol. The summed E-state index contributed by atoms with van der Waals surface area (Å²) in [5.74, 6) is 0. The lowest BCUT2D eigenvalue weighted by atomic mass is 10.1. The molecule has 0 fully saturated rings. The van der Waals surface area contributed by atoms with Crippen LogP contribution in [-0.2, 0) is 6.54 Å². The number of nitrogens with zero attached hydrogens (tertiary/aromatic N) is 2. The van der Waals surface area contributed by atoms with Gasteiger partial charge in [0.2, 0.25) is 0 Å². The van der Waals surface area contributed by atoms with Crippen LogP contribution < -0.4 is 10.2 Å². The third kappa shape index (κ3) is 2.99. The molecule has 0 aromatic heterocycles. The highest BCUT2D eigenvalue weighted by Crippen LogP contribution is 2.31. The Morgan fingerprint density at radius 2 is 2.00 bits per heavy atom. The quantitative estimate of drug-likeness (QED) is 0.691. The van der Waals surface area contributed by atoms with Crippen LogP contribution in [0.25, 0.3) is 0 Å². The molecule has 116 valence electrons. The van der Waals surface area contributed by atoms with E-state index < -0.39 is 0 Å². The van der Waals surface area contributed by atoms with E-state index in [1.807, 2.05) is 25.1 Å². The molecule has 2 aromatic carbocycles. The van der Waals surface area contributed by atoms with Crippen molar-refractivity contribution in [2.75, 3.05) is 23.3 Å². The summed E-state index contributed by atoms with van der Waals surface area (Å²) in [7, 11) is 0. The van der Waals surface area contributed by atoms with E-state index in [4.69, 9.17) is 0 Å². The minimum Gasteiger partial charge on any atom is -0.382 e. The first-order chi connectivity index (χ1) is 10.2. The van der Waals surface area contributed by atoms with Crippen molar-refractivity contribution in [3.05, 3.63) is 63.7 Å². The van der Waals surface area contributed by atoms with Gasteiger partial charge in [-0.05, 0) is 24.6 Å². The van der Waals surface area contributed by atoms with E-state index in [1.165, 1.54) is 0 Å². The van der Waals surface area contributed by atoms with Crippen molar-refractivity contribution in [3.63, 3.8) is 0 Å². The van der Waals surface area contributed by atoms with Crippen LogP contribution in [0.15, 0.2) is 42.5 Å². The molecular weight excluding hydrogens is 302 g/mol. The summed E-state index contributed by atoms with van der Waals surface area (Å²) in [5.41, 5.74) is 4.21. The van der Waals surface area contributed by atoms with Gasteiger partial charge >= 0.3 is 0 Å². The number of nitro groups is 1. The standard InChI is InChI=1S/C16H17N3O2.ClH/c1-12-13(5-4-8-15(12)19(20)21)11-18-10-9-17-14-6-2-3-7-16(14)18;/h2-8,17H,9-11H2,1H3;1H. The van der Waals surface area contributed by atoms with Gasteiger partial charge in [-0.1, -0.05) is 24.3 Å². The fourth-order valence-electron chi connectivity index (χ4n) is 2.75. The Labute approximate surface area is 135 Å². The number of halogens is 1. The average Bonchev–Trinajstić information content (AvgIpc) is 2.49. The second kappa shape index (κ2) is 6.66. The van der Waals surface area contributed by atoms with Crippen molar-refractivity contribution in [2.45, 2.75) is 13.5 Å². The van der Waals surface area contributed by atoms with Crippen molar-refractivity contribution in [3.8, 4) is 0 Å². The van der Waals surface area contributed by atoms with Crippen LogP contribution in [0.4, 0.5) is 17.1 Å². The molecule has 0 radical (unpaired) electrons. The maximum atomic E-state index is 11.0. The van der Waals surface area contributed by atoms with Gasteiger partial charge in [-0.2, -0.15) is 0 Å². The lowest BCUT2D eigenvalue weighted by molar-refractivity contribution is -0.385. The van der Waals surface area contributed by atoms with Gasteiger partial charge in [0.25, 0.3) is 5.69 Å². The highest BCUT2D eigenvalue weighted by molar-refractivity contribution is 5.85.